The molecule has 0 unspecified atom stereocenters. The largest absolute Gasteiger partial charge is 0.218 e. The third-order valence-corrected chi connectivity index (χ3v) is 4.05. The Bertz CT molecular complexity index is 564. The van der Waals surface area contributed by atoms with Crippen molar-refractivity contribution in [1.82, 2.24) is 0 Å². The summed E-state index contributed by atoms with van der Waals surface area (Å²) in [5.74, 6) is 0. The number of H-pyrrole nitrogens is 2. The third kappa shape index (κ3) is 25.6. The van der Waals surface area contributed by atoms with Crippen LogP contribution in [-0.4, -0.2) is 10.5 Å². The van der Waals surface area contributed by atoms with E-state index < -0.39 is 27.2 Å². The number of hydrogen-bond donors (Lipinski definition) is 2. The standard InChI is InChI=1S/2C5H5N.2Cr.H2O2.7O/c2*1-2-4-6-5-3-1;;;1-2;;;;;;;/h2*1-5H;;;1-2H;;;;;;;/q;;;;;;;;;;2*-1/p+2. The Labute approximate surface area is 135 Å². The first-order valence-electron chi connectivity index (χ1n) is 5.35. The van der Waals surface area contributed by atoms with Crippen LogP contribution >= 0.6 is 0 Å². The molecule has 2 heterocycles. The van der Waals surface area contributed by atoms with Gasteiger partial charge in [0.2, 0.25) is 0 Å². The normalized spacial score (nSPS) is 9.74. The van der Waals surface area contributed by atoms with E-state index in [1.807, 2.05) is 61.2 Å². The minimum atomic E-state index is -6.07. The molecule has 23 heavy (non-hydrogen) atoms. The van der Waals surface area contributed by atoms with Crippen molar-refractivity contribution in [3.8, 4) is 0 Å². The van der Waals surface area contributed by atoms with Crippen LogP contribution in [0.1, 0.15) is 0 Å². The Hall–Kier alpha value is -1.64. The molecule has 0 aliphatic carbocycles. The van der Waals surface area contributed by atoms with E-state index in [0.717, 1.165) is 0 Å². The molecule has 2 rings (SSSR count). The Morgan fingerprint density at radius 1 is 0.652 bits per heavy atom. The number of hydrogen-bond acceptors (Lipinski definition) is 9. The smallest absolute Gasteiger partial charge is 0.166 e. The van der Waals surface area contributed by atoms with Gasteiger partial charge in [-0.2, -0.15) is 0 Å². The topological polar surface area (TPSA) is 192 Å². The molecule has 0 saturated carbocycles. The molecule has 0 aliphatic heterocycles. The molecule has 0 fully saturated rings. The monoisotopic (exact) mass is 410 g/mol. The fourth-order valence-corrected chi connectivity index (χ4v) is 2.42. The molecule has 4 N–H and O–H groups in total. The molecule has 13 heteroatoms. The second kappa shape index (κ2) is 14.0. The van der Waals surface area contributed by atoms with Crippen molar-refractivity contribution in [3.05, 3.63) is 61.2 Å². The van der Waals surface area contributed by atoms with Crippen molar-refractivity contribution in [1.29, 1.82) is 0 Å². The molecule has 0 saturated heterocycles. The maximum Gasteiger partial charge on any atom is 0.166 e. The van der Waals surface area contributed by atoms with E-state index in [2.05, 4.69) is 12.8 Å². The van der Waals surface area contributed by atoms with Gasteiger partial charge in [0.05, 0.1) is 0 Å². The van der Waals surface area contributed by atoms with Gasteiger partial charge >= 0.3 is 53.6 Å². The van der Waals surface area contributed by atoms with Gasteiger partial charge in [-0.25, -0.2) is 9.97 Å². The van der Waals surface area contributed by atoms with Gasteiger partial charge in [-0.15, -0.1) is 0 Å². The first-order valence-corrected chi connectivity index (χ1v) is 9.52. The average molecular weight is 410 g/mol. The minimum absolute atomic E-state index is 1.88. The Kier molecular flexibility index (Phi) is 14.4. The van der Waals surface area contributed by atoms with Crippen LogP contribution in [0.15, 0.2) is 61.2 Å². The molecule has 0 atom stereocenters. The van der Waals surface area contributed by atoms with Crippen LogP contribution in [0.25, 0.3) is 0 Å². The van der Waals surface area contributed by atoms with Gasteiger partial charge in [0.1, 0.15) is 0 Å². The van der Waals surface area contributed by atoms with Gasteiger partial charge in [-0.1, -0.05) is 12.1 Å². The maximum absolute atomic E-state index is 9.38. The second-order valence-electron chi connectivity index (χ2n) is 3.04. The van der Waals surface area contributed by atoms with Gasteiger partial charge in [-0.3, -0.25) is 10.5 Å². The van der Waals surface area contributed by atoms with E-state index in [1.54, 1.807) is 0 Å². The van der Waals surface area contributed by atoms with E-state index >= 15 is 0 Å². The summed E-state index contributed by atoms with van der Waals surface area (Å²) in [6.45, 7) is 0. The Morgan fingerprint density at radius 3 is 0.957 bits per heavy atom. The summed E-state index contributed by atoms with van der Waals surface area (Å²) >= 11 is -12.1. The Balaban J connectivity index is 0. The van der Waals surface area contributed by atoms with E-state index in [4.69, 9.17) is 10.5 Å². The van der Waals surface area contributed by atoms with Gasteiger partial charge < -0.3 is 0 Å². The SMILES string of the molecule is OO.[O]=[Cr](=[O])([O-])[O][Cr](=[O])(=[O])[O-].c1cc[nH+]cc1.c1cc[nH+]cc1. The predicted octanol–water partition coefficient (Wildman–Crippen LogP) is -1.91. The van der Waals surface area contributed by atoms with Crippen molar-refractivity contribution < 1.29 is 74.1 Å². The van der Waals surface area contributed by atoms with Crippen LogP contribution in [0.3, 0.4) is 0 Å². The summed E-state index contributed by atoms with van der Waals surface area (Å²) < 4.78 is 58.9. The van der Waals surface area contributed by atoms with Crippen molar-refractivity contribution in [2.45, 2.75) is 0 Å². The van der Waals surface area contributed by atoms with Gasteiger partial charge in [-0.05, 0) is 0 Å². The number of nitrogens with one attached hydrogen (secondary N) is 2. The molecule has 0 aliphatic rings. The van der Waals surface area contributed by atoms with Crippen LogP contribution < -0.4 is 18.3 Å². The molecule has 11 nitrogen and oxygen atoms in total. The summed E-state index contributed by atoms with van der Waals surface area (Å²) in [6, 6.07) is 11.7. The number of pyridine rings is 2. The second-order valence-corrected chi connectivity index (χ2v) is 6.68. The van der Waals surface area contributed by atoms with E-state index in [0.29, 0.717) is 0 Å². The van der Waals surface area contributed by atoms with Gasteiger partial charge in [0, 0.05) is 24.3 Å². The quantitative estimate of drug-likeness (QED) is 0.420. The molecular weight excluding hydrogens is 396 g/mol. The van der Waals surface area contributed by atoms with E-state index in [1.165, 1.54) is 0 Å². The summed E-state index contributed by atoms with van der Waals surface area (Å²) in [6.07, 6.45) is 7.50. The van der Waals surface area contributed by atoms with Crippen molar-refractivity contribution in [2.75, 3.05) is 0 Å². The molecule has 0 aromatic carbocycles. The molecule has 130 valence electrons. The van der Waals surface area contributed by atoms with Crippen molar-refractivity contribution >= 4 is 0 Å². The van der Waals surface area contributed by atoms with Crippen molar-refractivity contribution in [3.63, 3.8) is 0 Å². The zero-order chi connectivity index (χ0) is 18.2. The fraction of sp³-hybridized carbons (Fsp3) is 0. The molecule has 0 radical (unpaired) electrons. The van der Waals surface area contributed by atoms with E-state index in [-0.39, 0.29) is 0 Å². The van der Waals surface area contributed by atoms with Crippen LogP contribution in [0.2, 0.25) is 0 Å². The molecule has 0 spiro atoms. The molecular formula is C10H14Cr2N2O9. The number of aromatic amines is 2. The number of rotatable bonds is 2. The van der Waals surface area contributed by atoms with Gasteiger partial charge in [0.15, 0.2) is 24.8 Å². The molecule has 2 aromatic heterocycles. The van der Waals surface area contributed by atoms with E-state index in [9.17, 15) is 23.5 Å². The Morgan fingerprint density at radius 2 is 0.913 bits per heavy atom. The average Bonchev–Trinajstić information content (AvgIpc) is 2.50. The summed E-state index contributed by atoms with van der Waals surface area (Å²) in [5.41, 5.74) is 0. The fourth-order valence-electron chi connectivity index (χ4n) is 0.786. The van der Waals surface area contributed by atoms with Crippen LogP contribution in [-0.2, 0) is 45.3 Å². The predicted molar refractivity (Wildman–Crippen MR) is 55.1 cm³/mol. The zero-order valence-corrected chi connectivity index (χ0v) is 13.9. The van der Waals surface area contributed by atoms with Crippen LogP contribution in [0.5, 0.6) is 0 Å². The van der Waals surface area contributed by atoms with Crippen molar-refractivity contribution in [2.24, 2.45) is 0 Å². The molecule has 0 bridgehead atoms. The summed E-state index contributed by atoms with van der Waals surface area (Å²) in [7, 11) is 0. The van der Waals surface area contributed by atoms with Gasteiger partial charge in [0.25, 0.3) is 0 Å². The molecule has 2 aromatic rings. The molecule has 0 amide bonds. The van der Waals surface area contributed by atoms with Crippen LogP contribution in [0, 0.1) is 0 Å². The van der Waals surface area contributed by atoms with Crippen LogP contribution in [0.4, 0.5) is 0 Å². The summed E-state index contributed by atoms with van der Waals surface area (Å²) in [5, 5.41) is 12.0. The minimum Gasteiger partial charge on any atom is -0.218 e. The summed E-state index contributed by atoms with van der Waals surface area (Å²) in [4.78, 5) is 5.78. The number of aromatic nitrogens is 2. The zero-order valence-electron chi connectivity index (χ0n) is 11.3. The third-order valence-electron chi connectivity index (χ3n) is 1.38. The maximum atomic E-state index is 9.38. The first-order chi connectivity index (χ1) is 10.7. The first kappa shape index (κ1) is 23.6.